The second-order valence-electron chi connectivity index (χ2n) is 4.61. The molecule has 0 atom stereocenters. The van der Waals surface area contributed by atoms with Crippen LogP contribution >= 0.6 is 0 Å². The first-order valence-corrected chi connectivity index (χ1v) is 8.05. The summed E-state index contributed by atoms with van der Waals surface area (Å²) in [6.07, 6.45) is 15.0. The third-order valence-corrected chi connectivity index (χ3v) is 2.62. The van der Waals surface area contributed by atoms with Crippen LogP contribution in [0.4, 0.5) is 0 Å². The summed E-state index contributed by atoms with van der Waals surface area (Å²) in [6.45, 7) is 5.37. The van der Waals surface area contributed by atoms with Gasteiger partial charge in [0.1, 0.15) is 0 Å². The molecule has 0 radical (unpaired) electrons. The summed E-state index contributed by atoms with van der Waals surface area (Å²) in [4.78, 5) is 24.2. The van der Waals surface area contributed by atoms with Crippen molar-refractivity contribution in [3.05, 3.63) is 22.6 Å². The Bertz CT molecular complexity index is 679. The quantitative estimate of drug-likeness (QED) is 0.305. The summed E-state index contributed by atoms with van der Waals surface area (Å²) in [5.41, 5.74) is 0. The van der Waals surface area contributed by atoms with Crippen LogP contribution in [0.25, 0.3) is 0 Å². The van der Waals surface area contributed by atoms with Gasteiger partial charge in [-0.3, -0.25) is 4.79 Å². The second kappa shape index (κ2) is 29.6. The van der Waals surface area contributed by atoms with Gasteiger partial charge in [0.2, 0.25) is 0 Å². The minimum absolute atomic E-state index is 0. The van der Waals surface area contributed by atoms with Gasteiger partial charge in [0.15, 0.2) is 0 Å². The van der Waals surface area contributed by atoms with Crippen molar-refractivity contribution in [1.82, 2.24) is 0 Å². The molecular weight excluding hydrogens is 328 g/mol. The summed E-state index contributed by atoms with van der Waals surface area (Å²) in [5, 5.41) is 8.38. The fraction of sp³-hybridized carbons (Fsp3) is 0.409. The maximum atomic E-state index is 10.2. The van der Waals surface area contributed by atoms with E-state index in [1.807, 2.05) is 6.08 Å². The molecule has 26 heavy (non-hydrogen) atoms. The minimum Gasteiger partial charge on any atom is -0.481 e. The lowest BCUT2D eigenvalue weighted by Crippen LogP contribution is -1.93. The Hall–Kier alpha value is -3.39. The zero-order chi connectivity index (χ0) is 20.3. The molecule has 0 aliphatic rings. The fourth-order valence-corrected chi connectivity index (χ4v) is 1.53. The van der Waals surface area contributed by atoms with E-state index in [0.717, 1.165) is 19.3 Å². The third kappa shape index (κ3) is 37.1. The number of hydrogen-bond acceptors (Lipinski definition) is 3. The highest BCUT2D eigenvalue weighted by Crippen LogP contribution is 2.08. The van der Waals surface area contributed by atoms with Crippen molar-refractivity contribution in [3.8, 4) is 59.7 Å². The lowest BCUT2D eigenvalue weighted by Gasteiger charge is -1.98. The highest BCUT2D eigenvalue weighted by Gasteiger charge is 1.95. The van der Waals surface area contributed by atoms with Crippen molar-refractivity contribution >= 4 is 5.97 Å². The van der Waals surface area contributed by atoms with E-state index in [9.17, 15) is 4.79 Å². The molecule has 0 aromatic carbocycles. The zero-order valence-electron chi connectivity index (χ0n) is 15.2. The minimum atomic E-state index is -0.674. The van der Waals surface area contributed by atoms with Gasteiger partial charge in [0, 0.05) is 27.8 Å². The smallest absolute Gasteiger partial charge is 0.303 e. The third-order valence-electron chi connectivity index (χ3n) is 2.62. The van der Waals surface area contributed by atoms with Gasteiger partial charge in [0.25, 0.3) is 0 Å². The molecule has 0 spiro atoms. The fourth-order valence-electron chi connectivity index (χ4n) is 1.53. The molecule has 0 amide bonds. The Labute approximate surface area is 168 Å². The molecule has 0 aliphatic carbocycles. The molecule has 0 aromatic heterocycles. The number of carboxylic acids is 1. The maximum absolute atomic E-state index is 10.2. The molecule has 152 valence electrons. The Morgan fingerprint density at radius 2 is 1.38 bits per heavy atom. The van der Waals surface area contributed by atoms with Gasteiger partial charge in [-0.2, -0.15) is 0 Å². The van der Waals surface area contributed by atoms with E-state index < -0.39 is 5.97 Å². The van der Waals surface area contributed by atoms with Gasteiger partial charge in [-0.15, -0.1) is 13.0 Å². The number of carbonyl (C=O) groups is 1. The van der Waals surface area contributed by atoms with Gasteiger partial charge < -0.3 is 5.11 Å². The first-order valence-electron chi connectivity index (χ1n) is 8.05. The van der Waals surface area contributed by atoms with E-state index in [0.29, 0.717) is 6.42 Å². The van der Waals surface area contributed by atoms with E-state index in [2.05, 4.69) is 59.9 Å². The Morgan fingerprint density at radius 1 is 0.923 bits per heavy atom. The number of aliphatic carboxylic acids is 1. The predicted molar refractivity (Wildman–Crippen MR) is 124 cm³/mol. The van der Waals surface area contributed by atoms with Crippen molar-refractivity contribution in [1.29, 1.82) is 0 Å². The summed E-state index contributed by atoms with van der Waals surface area (Å²) in [6, 6.07) is 0. The van der Waals surface area contributed by atoms with Crippen LogP contribution in [0.2, 0.25) is 0 Å². The Balaban J connectivity index is -0.0000000265. The largest absolute Gasteiger partial charge is 0.481 e. The summed E-state index contributed by atoms with van der Waals surface area (Å²) < 4.78 is 0. The van der Waals surface area contributed by atoms with Gasteiger partial charge in [0.05, 0.1) is 0 Å². The SMILES string of the molecule is C#CC#CC#CC#CC#CC.C=CCCCCCCCCC(=O)O.O=O.[HH].[HH].[HH].[HH].[HH].[HH].[HH].[HH]. The second-order valence-corrected chi connectivity index (χ2v) is 4.61. The first-order chi connectivity index (χ1) is 12.7. The highest BCUT2D eigenvalue weighted by atomic mass is 16.7. The molecule has 4 nitrogen and oxygen atoms in total. The first kappa shape index (κ1) is 27.5. The van der Waals surface area contributed by atoms with Crippen LogP contribution in [-0.2, 0) is 4.79 Å². The summed E-state index contributed by atoms with van der Waals surface area (Å²) >= 11 is 0. The molecular formula is C22H40O4. The van der Waals surface area contributed by atoms with Gasteiger partial charge in [-0.1, -0.05) is 37.7 Å². The van der Waals surface area contributed by atoms with Gasteiger partial charge >= 0.3 is 5.97 Å². The van der Waals surface area contributed by atoms with Crippen LogP contribution in [0.5, 0.6) is 0 Å². The molecule has 0 saturated carbocycles. The average molecular weight is 369 g/mol. The molecule has 0 fully saturated rings. The van der Waals surface area contributed by atoms with Crippen LogP contribution in [0, 0.1) is 69.6 Å². The molecule has 0 saturated heterocycles. The van der Waals surface area contributed by atoms with Crippen molar-refractivity contribution in [3.63, 3.8) is 0 Å². The molecule has 0 bridgehead atoms. The van der Waals surface area contributed by atoms with Crippen molar-refractivity contribution in [2.45, 2.75) is 58.3 Å². The number of carboxylic acid groups (broad SMARTS) is 1. The van der Waals surface area contributed by atoms with Gasteiger partial charge in [-0.25, -0.2) is 0 Å². The van der Waals surface area contributed by atoms with E-state index in [4.69, 9.17) is 21.5 Å². The van der Waals surface area contributed by atoms with E-state index in [1.54, 1.807) is 6.92 Å². The van der Waals surface area contributed by atoms with E-state index in [-0.39, 0.29) is 11.4 Å². The standard InChI is InChI=1S/C11H20O2.C11H4.O2.8H2/c1-2-3-4-5-6-7-8-9-10-11(12)13;1-3-5-7-9-11-10-8-6-4-2;1-2;;;;;;;;/h2H,1,3-10H2,(H,12,13);1H,2H3;;8*1H. The number of unbranched alkanes of at least 4 members (excludes halogenated alkanes) is 6. The summed E-state index contributed by atoms with van der Waals surface area (Å²) in [5.74, 6) is 21.3. The van der Waals surface area contributed by atoms with Gasteiger partial charge in [-0.05, 0) is 73.5 Å². The Kier molecular flexibility index (Phi) is 31.3. The number of rotatable bonds is 9. The molecule has 1 N–H and O–H groups in total. The predicted octanol–water partition coefficient (Wildman–Crippen LogP) is 6.07. The lowest BCUT2D eigenvalue weighted by atomic mass is 10.1. The number of terminal acetylenes is 1. The molecule has 4 heteroatoms. The molecule has 0 rings (SSSR count). The van der Waals surface area contributed by atoms with E-state index >= 15 is 0 Å². The average Bonchev–Trinajstić information content (AvgIpc) is 2.65. The topological polar surface area (TPSA) is 71.4 Å². The summed E-state index contributed by atoms with van der Waals surface area (Å²) in [7, 11) is 0. The normalized spacial score (nSPS) is 6.62. The van der Waals surface area contributed by atoms with E-state index in [1.165, 1.54) is 25.7 Å². The number of hydrogen-bond donors (Lipinski definition) is 1. The Morgan fingerprint density at radius 3 is 1.85 bits per heavy atom. The molecule has 0 heterocycles. The lowest BCUT2D eigenvalue weighted by molar-refractivity contribution is -0.137. The van der Waals surface area contributed by atoms with Crippen LogP contribution in [0.15, 0.2) is 12.7 Å². The number of allylic oxidation sites excluding steroid dienone is 1. The molecule has 0 unspecified atom stereocenters. The molecule has 0 aromatic rings. The van der Waals surface area contributed by atoms with Crippen molar-refractivity contribution < 1.29 is 21.3 Å². The van der Waals surface area contributed by atoms with Crippen LogP contribution < -0.4 is 0 Å². The molecule has 0 aliphatic heterocycles. The maximum Gasteiger partial charge on any atom is 0.303 e. The van der Waals surface area contributed by atoms with Crippen LogP contribution in [0.3, 0.4) is 0 Å². The van der Waals surface area contributed by atoms with Crippen LogP contribution in [0.1, 0.15) is 69.7 Å². The zero-order valence-corrected chi connectivity index (χ0v) is 15.2. The monoisotopic (exact) mass is 368 g/mol. The van der Waals surface area contributed by atoms with Crippen molar-refractivity contribution in [2.75, 3.05) is 0 Å². The van der Waals surface area contributed by atoms with Crippen LogP contribution in [-0.4, -0.2) is 11.1 Å². The van der Waals surface area contributed by atoms with Crippen molar-refractivity contribution in [2.24, 2.45) is 0 Å². The highest BCUT2D eigenvalue weighted by molar-refractivity contribution is 5.66.